The number of hydrogen-bond acceptors (Lipinski definition) is 10. The van der Waals surface area contributed by atoms with E-state index >= 15 is 0 Å². The van der Waals surface area contributed by atoms with Gasteiger partial charge in [-0.3, -0.25) is 20.0 Å². The number of aliphatic hydroxyl groups is 1. The van der Waals surface area contributed by atoms with E-state index in [0.29, 0.717) is 38.2 Å². The lowest BCUT2D eigenvalue weighted by atomic mass is 9.90. The number of nitrogens with one attached hydrogen (secondary N) is 2. The second-order valence-electron chi connectivity index (χ2n) is 9.48. The van der Waals surface area contributed by atoms with Gasteiger partial charge in [0.25, 0.3) is 5.91 Å². The molecule has 2 aromatic carbocycles. The van der Waals surface area contributed by atoms with E-state index in [9.17, 15) is 9.90 Å². The van der Waals surface area contributed by atoms with E-state index in [0.717, 1.165) is 34.3 Å². The maximum absolute atomic E-state index is 13.1. The summed E-state index contributed by atoms with van der Waals surface area (Å²) >= 11 is 1.21. The first-order valence-corrected chi connectivity index (χ1v) is 12.9. The molecule has 0 saturated carbocycles. The molecule has 1 fully saturated rings. The summed E-state index contributed by atoms with van der Waals surface area (Å²) in [4.78, 5) is 21.2. The molecule has 1 amide bonds. The molecule has 3 heterocycles. The number of rotatable bonds is 7. The molecule has 0 spiro atoms. The second kappa shape index (κ2) is 10.5. The van der Waals surface area contributed by atoms with Crippen molar-refractivity contribution in [1.29, 1.82) is 5.41 Å². The van der Waals surface area contributed by atoms with Gasteiger partial charge in [0.15, 0.2) is 0 Å². The molecule has 1 saturated heterocycles. The standard InChI is InChI=1S/C26H30N8O2S/c1-29-23(18-7-5-17(13-27)6-8-18)24-21(28)25(35)34(16-30-24)15-26(36)9-11-33(12-10-26)14-19-3-2-4-20-22(19)32-37-31-20/h2-8,16,28-29,36H,9-15,27H2,1H3/b24-23+,28-21?. The Morgan fingerprint density at radius 1 is 1.19 bits per heavy atom. The second-order valence-corrected chi connectivity index (χ2v) is 10.0. The molecule has 0 radical (unpaired) electrons. The summed E-state index contributed by atoms with van der Waals surface area (Å²) in [5.74, 6) is -0.477. The number of carbonyl (C=O) groups is 1. The summed E-state index contributed by atoms with van der Waals surface area (Å²) in [7, 11) is 1.74. The molecular formula is C26H30N8O2S. The number of β-amino-alcohol motifs (C(OH)–C–C–N with tert-alkyl or cyclic N) is 1. The van der Waals surface area contributed by atoms with Gasteiger partial charge < -0.3 is 16.2 Å². The minimum atomic E-state index is -1.04. The van der Waals surface area contributed by atoms with Crippen molar-refractivity contribution in [3.05, 3.63) is 64.9 Å². The van der Waals surface area contributed by atoms with Crippen molar-refractivity contribution < 1.29 is 9.90 Å². The Labute approximate surface area is 219 Å². The first kappa shape index (κ1) is 25.2. The van der Waals surface area contributed by atoms with Gasteiger partial charge in [-0.1, -0.05) is 36.4 Å². The topological polar surface area (TPSA) is 144 Å². The van der Waals surface area contributed by atoms with Gasteiger partial charge in [-0.15, -0.1) is 0 Å². The molecule has 0 bridgehead atoms. The summed E-state index contributed by atoms with van der Waals surface area (Å²) in [6.07, 6.45) is 2.46. The lowest BCUT2D eigenvalue weighted by Gasteiger charge is -2.40. The molecule has 11 heteroatoms. The van der Waals surface area contributed by atoms with Crippen LogP contribution in [0.15, 0.2) is 53.2 Å². The van der Waals surface area contributed by atoms with Crippen LogP contribution in [0.25, 0.3) is 16.7 Å². The van der Waals surface area contributed by atoms with Crippen molar-refractivity contribution in [3.63, 3.8) is 0 Å². The average molecular weight is 519 g/mol. The summed E-state index contributed by atoms with van der Waals surface area (Å²) in [5, 5.41) is 22.9. The minimum Gasteiger partial charge on any atom is -0.388 e. The first-order chi connectivity index (χ1) is 17.9. The van der Waals surface area contributed by atoms with Crippen molar-refractivity contribution in [2.75, 3.05) is 26.7 Å². The number of aliphatic imine (C=N–C) groups is 1. The van der Waals surface area contributed by atoms with Crippen molar-refractivity contribution in [2.45, 2.75) is 31.5 Å². The van der Waals surface area contributed by atoms with Crippen molar-refractivity contribution in [2.24, 2.45) is 10.7 Å². The van der Waals surface area contributed by atoms with Crippen molar-refractivity contribution in [3.8, 4) is 0 Å². The Kier molecular flexibility index (Phi) is 7.11. The van der Waals surface area contributed by atoms with Crippen LogP contribution in [0.2, 0.25) is 0 Å². The average Bonchev–Trinajstić information content (AvgIpc) is 3.40. The van der Waals surface area contributed by atoms with Crippen LogP contribution in [-0.2, 0) is 17.9 Å². The highest BCUT2D eigenvalue weighted by Gasteiger charge is 2.38. The van der Waals surface area contributed by atoms with Gasteiger partial charge in [0.2, 0.25) is 0 Å². The Hall–Kier alpha value is -3.51. The van der Waals surface area contributed by atoms with Gasteiger partial charge in [-0.25, -0.2) is 4.99 Å². The number of piperidine rings is 1. The third kappa shape index (κ3) is 5.16. The predicted octanol–water partition coefficient (Wildman–Crippen LogP) is 1.96. The quantitative estimate of drug-likeness (QED) is 0.374. The van der Waals surface area contributed by atoms with Gasteiger partial charge in [-0.2, -0.15) is 8.75 Å². The summed E-state index contributed by atoms with van der Waals surface area (Å²) in [5.41, 5.74) is 10.1. The Morgan fingerprint density at radius 2 is 1.95 bits per heavy atom. The van der Waals surface area contributed by atoms with Gasteiger partial charge in [0.05, 0.1) is 35.9 Å². The maximum atomic E-state index is 13.1. The molecule has 0 atom stereocenters. The number of nitrogens with two attached hydrogens (primary N) is 1. The number of aromatic nitrogens is 2. The Morgan fingerprint density at radius 3 is 2.65 bits per heavy atom. The summed E-state index contributed by atoms with van der Waals surface area (Å²) < 4.78 is 8.73. The fourth-order valence-corrected chi connectivity index (χ4v) is 5.40. The molecule has 37 heavy (non-hydrogen) atoms. The van der Waals surface area contributed by atoms with E-state index in [2.05, 4.69) is 30.0 Å². The zero-order chi connectivity index (χ0) is 26.0. The number of fused-ring (bicyclic) bond motifs is 1. The van der Waals surface area contributed by atoms with Crippen LogP contribution in [0.4, 0.5) is 0 Å². The predicted molar refractivity (Wildman–Crippen MR) is 145 cm³/mol. The summed E-state index contributed by atoms with van der Waals surface area (Å²) in [6, 6.07) is 13.6. The summed E-state index contributed by atoms with van der Waals surface area (Å²) in [6.45, 7) is 2.66. The van der Waals surface area contributed by atoms with Gasteiger partial charge in [0.1, 0.15) is 22.4 Å². The van der Waals surface area contributed by atoms with Crippen LogP contribution < -0.4 is 11.1 Å². The van der Waals surface area contributed by atoms with E-state index in [1.807, 2.05) is 36.4 Å². The number of nitrogens with zero attached hydrogens (tertiary/aromatic N) is 5. The fraction of sp³-hybridized carbons (Fsp3) is 0.346. The lowest BCUT2D eigenvalue weighted by molar-refractivity contribution is -0.124. The normalized spacial score (nSPS) is 19.5. The molecular weight excluding hydrogens is 488 g/mol. The van der Waals surface area contributed by atoms with Crippen LogP contribution in [0.5, 0.6) is 0 Å². The van der Waals surface area contributed by atoms with Crippen molar-refractivity contribution in [1.82, 2.24) is 23.9 Å². The third-order valence-corrected chi connectivity index (χ3v) is 7.56. The maximum Gasteiger partial charge on any atom is 0.279 e. The van der Waals surface area contributed by atoms with E-state index in [1.54, 1.807) is 7.05 Å². The highest BCUT2D eigenvalue weighted by atomic mass is 32.1. The number of benzene rings is 2. The molecule has 0 aliphatic carbocycles. The van der Waals surface area contributed by atoms with Crippen LogP contribution in [0.3, 0.4) is 0 Å². The first-order valence-electron chi connectivity index (χ1n) is 12.2. The monoisotopic (exact) mass is 518 g/mol. The Bertz CT molecular complexity index is 1370. The van der Waals surface area contributed by atoms with Crippen LogP contribution in [0.1, 0.15) is 29.5 Å². The smallest absolute Gasteiger partial charge is 0.279 e. The van der Waals surface area contributed by atoms with Gasteiger partial charge in [0, 0.05) is 33.2 Å². The van der Waals surface area contributed by atoms with E-state index in [-0.39, 0.29) is 18.0 Å². The largest absolute Gasteiger partial charge is 0.388 e. The number of likely N-dealkylation sites (tertiary alicyclic amines) is 1. The SMILES string of the molecule is CN/C(=C1/N=CN(CC2(O)CCN(Cc3cccc4nsnc34)CC2)C(=O)C1=N)c1ccc(CN)cc1. The minimum absolute atomic E-state index is 0.102. The Balaban J connectivity index is 1.26. The van der Waals surface area contributed by atoms with Gasteiger partial charge in [-0.05, 0) is 35.6 Å². The van der Waals surface area contributed by atoms with E-state index < -0.39 is 11.5 Å². The van der Waals surface area contributed by atoms with Gasteiger partial charge >= 0.3 is 0 Å². The fourth-order valence-electron chi connectivity index (χ4n) is 4.83. The molecule has 3 aromatic rings. The molecule has 1 aromatic heterocycles. The molecule has 5 N–H and O–H groups in total. The molecule has 2 aliphatic rings. The third-order valence-electron chi connectivity index (χ3n) is 7.02. The highest BCUT2D eigenvalue weighted by molar-refractivity contribution is 7.00. The van der Waals surface area contributed by atoms with Crippen LogP contribution in [-0.4, -0.2) is 73.9 Å². The molecule has 10 nitrogen and oxygen atoms in total. The van der Waals surface area contributed by atoms with Crippen LogP contribution >= 0.6 is 11.7 Å². The number of hydrogen-bond donors (Lipinski definition) is 4. The van der Waals surface area contributed by atoms with E-state index in [1.165, 1.54) is 23.0 Å². The molecule has 0 unspecified atom stereocenters. The van der Waals surface area contributed by atoms with Crippen molar-refractivity contribution >= 4 is 46.4 Å². The lowest BCUT2D eigenvalue weighted by Crippen LogP contribution is -2.53. The zero-order valence-corrected chi connectivity index (χ0v) is 21.5. The number of amides is 1. The van der Waals surface area contributed by atoms with Crippen LogP contribution in [0, 0.1) is 5.41 Å². The molecule has 2 aliphatic heterocycles. The molecule has 5 rings (SSSR count). The molecule has 192 valence electrons. The van der Waals surface area contributed by atoms with E-state index in [4.69, 9.17) is 11.1 Å². The highest BCUT2D eigenvalue weighted by Crippen LogP contribution is 2.28. The number of carbonyl (C=O) groups excluding carboxylic acids is 1. The zero-order valence-electron chi connectivity index (χ0n) is 20.6.